The van der Waals surface area contributed by atoms with Crippen molar-refractivity contribution >= 4 is 11.8 Å². The molecule has 2 saturated heterocycles. The number of likely N-dealkylation sites (tertiary alicyclic amines) is 2. The number of nitrogens with one attached hydrogen (secondary N) is 1. The minimum Gasteiger partial charge on any atom is -0.455 e. The molecule has 6 nitrogen and oxygen atoms in total. The van der Waals surface area contributed by atoms with Crippen LogP contribution in [0.3, 0.4) is 0 Å². The average molecular weight is 345 g/mol. The molecule has 1 spiro atoms. The second kappa shape index (κ2) is 6.48. The standard InChI is InChI=1S/C19H27N3O3/c1-20-18(24)16-6-5-15(25-16)11-21-10-2-8-19(12-21)9-7-17(23)22(13-19)14-3-4-14/h5-6,14H,2-4,7-13H2,1H3,(H,20,24)/t19-/m1/s1. The molecule has 1 saturated carbocycles. The normalized spacial score (nSPS) is 27.7. The average Bonchev–Trinajstić information content (AvgIpc) is 3.36. The van der Waals surface area contributed by atoms with Gasteiger partial charge < -0.3 is 14.6 Å². The van der Waals surface area contributed by atoms with Crippen LogP contribution in [0.15, 0.2) is 16.5 Å². The largest absolute Gasteiger partial charge is 0.455 e. The van der Waals surface area contributed by atoms with E-state index in [2.05, 4.69) is 15.1 Å². The highest BCUT2D eigenvalue weighted by molar-refractivity contribution is 5.91. The summed E-state index contributed by atoms with van der Waals surface area (Å²) < 4.78 is 5.68. The lowest BCUT2D eigenvalue weighted by Crippen LogP contribution is -2.54. The smallest absolute Gasteiger partial charge is 0.286 e. The molecule has 0 aromatic carbocycles. The lowest BCUT2D eigenvalue weighted by molar-refractivity contribution is -0.140. The number of amides is 2. The number of carbonyl (C=O) groups is 2. The zero-order valence-electron chi connectivity index (χ0n) is 14.9. The van der Waals surface area contributed by atoms with Crippen molar-refractivity contribution in [2.45, 2.75) is 51.1 Å². The summed E-state index contributed by atoms with van der Waals surface area (Å²) in [5.74, 6) is 1.37. The minimum absolute atomic E-state index is 0.188. The molecule has 0 bridgehead atoms. The quantitative estimate of drug-likeness (QED) is 0.906. The number of furan rings is 1. The molecule has 1 aromatic rings. The monoisotopic (exact) mass is 345 g/mol. The van der Waals surface area contributed by atoms with Crippen molar-refractivity contribution in [3.8, 4) is 0 Å². The molecule has 0 radical (unpaired) electrons. The lowest BCUT2D eigenvalue weighted by atomic mass is 9.73. The number of hydrogen-bond donors (Lipinski definition) is 1. The van der Waals surface area contributed by atoms with Crippen molar-refractivity contribution in [1.82, 2.24) is 15.1 Å². The Morgan fingerprint density at radius 3 is 2.92 bits per heavy atom. The molecular formula is C19H27N3O3. The van der Waals surface area contributed by atoms with E-state index in [1.807, 2.05) is 6.07 Å². The summed E-state index contributed by atoms with van der Waals surface area (Å²) in [5, 5.41) is 2.59. The molecular weight excluding hydrogens is 318 g/mol. The van der Waals surface area contributed by atoms with Crippen molar-refractivity contribution in [2.24, 2.45) is 5.41 Å². The van der Waals surface area contributed by atoms with E-state index in [-0.39, 0.29) is 11.3 Å². The van der Waals surface area contributed by atoms with E-state index < -0.39 is 0 Å². The lowest BCUT2D eigenvalue weighted by Gasteiger charge is -2.48. The summed E-state index contributed by atoms with van der Waals surface area (Å²) in [6.07, 6.45) is 6.44. The fourth-order valence-electron chi connectivity index (χ4n) is 4.47. The van der Waals surface area contributed by atoms with Gasteiger partial charge >= 0.3 is 0 Å². The van der Waals surface area contributed by atoms with Gasteiger partial charge in [0.15, 0.2) is 5.76 Å². The van der Waals surface area contributed by atoms with Gasteiger partial charge in [-0.3, -0.25) is 14.5 Å². The Bertz CT molecular complexity index is 667. The Morgan fingerprint density at radius 1 is 1.32 bits per heavy atom. The summed E-state index contributed by atoms with van der Waals surface area (Å²) in [7, 11) is 1.61. The van der Waals surface area contributed by atoms with Gasteiger partial charge in [0, 0.05) is 38.0 Å². The first kappa shape index (κ1) is 16.6. The molecule has 1 N–H and O–H groups in total. The maximum Gasteiger partial charge on any atom is 0.286 e. The summed E-state index contributed by atoms with van der Waals surface area (Å²) in [6, 6.07) is 4.15. The third-order valence-corrected chi connectivity index (χ3v) is 5.92. The highest BCUT2D eigenvalue weighted by Gasteiger charge is 2.45. The Balaban J connectivity index is 1.41. The third kappa shape index (κ3) is 3.45. The van der Waals surface area contributed by atoms with E-state index in [0.29, 0.717) is 24.1 Å². The van der Waals surface area contributed by atoms with Crippen molar-refractivity contribution in [3.05, 3.63) is 23.7 Å². The molecule has 3 heterocycles. The van der Waals surface area contributed by atoms with Gasteiger partial charge in [0.25, 0.3) is 5.91 Å². The summed E-state index contributed by atoms with van der Waals surface area (Å²) in [5.41, 5.74) is 0.241. The molecule has 2 aliphatic heterocycles. The van der Waals surface area contributed by atoms with Crippen LogP contribution < -0.4 is 5.32 Å². The molecule has 0 unspecified atom stereocenters. The predicted molar refractivity (Wildman–Crippen MR) is 93.0 cm³/mol. The van der Waals surface area contributed by atoms with Crippen molar-refractivity contribution in [2.75, 3.05) is 26.7 Å². The van der Waals surface area contributed by atoms with E-state index in [0.717, 1.165) is 44.8 Å². The van der Waals surface area contributed by atoms with Crippen LogP contribution in [0.4, 0.5) is 0 Å². The predicted octanol–water partition coefficient (Wildman–Crippen LogP) is 2.01. The van der Waals surface area contributed by atoms with Crippen LogP contribution in [0, 0.1) is 5.41 Å². The molecule has 2 amide bonds. The van der Waals surface area contributed by atoms with Gasteiger partial charge in [0.1, 0.15) is 5.76 Å². The molecule has 1 aromatic heterocycles. The number of carbonyl (C=O) groups excluding carboxylic acids is 2. The topological polar surface area (TPSA) is 65.8 Å². The number of nitrogens with zero attached hydrogens (tertiary/aromatic N) is 2. The zero-order valence-corrected chi connectivity index (χ0v) is 14.9. The maximum absolute atomic E-state index is 12.2. The van der Waals surface area contributed by atoms with Crippen LogP contribution >= 0.6 is 0 Å². The van der Waals surface area contributed by atoms with Crippen LogP contribution in [0.5, 0.6) is 0 Å². The summed E-state index contributed by atoms with van der Waals surface area (Å²) in [4.78, 5) is 28.5. The fraction of sp³-hybridized carbons (Fsp3) is 0.684. The van der Waals surface area contributed by atoms with Gasteiger partial charge in [-0.2, -0.15) is 0 Å². The molecule has 6 heteroatoms. The Labute approximate surface area is 148 Å². The maximum atomic E-state index is 12.2. The van der Waals surface area contributed by atoms with Gasteiger partial charge in [-0.15, -0.1) is 0 Å². The zero-order chi connectivity index (χ0) is 17.4. The Kier molecular flexibility index (Phi) is 4.31. The van der Waals surface area contributed by atoms with Crippen LogP contribution in [-0.2, 0) is 11.3 Å². The van der Waals surface area contributed by atoms with Gasteiger partial charge in [0.05, 0.1) is 6.54 Å². The minimum atomic E-state index is -0.188. The van der Waals surface area contributed by atoms with Gasteiger partial charge in [-0.05, 0) is 50.8 Å². The summed E-state index contributed by atoms with van der Waals surface area (Å²) >= 11 is 0. The Morgan fingerprint density at radius 2 is 2.16 bits per heavy atom. The molecule has 136 valence electrons. The first-order valence-electron chi connectivity index (χ1n) is 9.41. The highest BCUT2D eigenvalue weighted by atomic mass is 16.4. The molecule has 25 heavy (non-hydrogen) atoms. The highest BCUT2D eigenvalue weighted by Crippen LogP contribution is 2.42. The van der Waals surface area contributed by atoms with Gasteiger partial charge in [-0.25, -0.2) is 0 Å². The molecule has 1 aliphatic carbocycles. The van der Waals surface area contributed by atoms with Gasteiger partial charge in [-0.1, -0.05) is 0 Å². The third-order valence-electron chi connectivity index (χ3n) is 5.92. The first-order valence-corrected chi connectivity index (χ1v) is 9.41. The summed E-state index contributed by atoms with van der Waals surface area (Å²) in [6.45, 7) is 3.72. The number of hydrogen-bond acceptors (Lipinski definition) is 4. The number of piperidine rings is 2. The molecule has 3 fully saturated rings. The molecule has 1 atom stereocenters. The van der Waals surface area contributed by atoms with Crippen molar-refractivity contribution in [3.63, 3.8) is 0 Å². The first-order chi connectivity index (χ1) is 12.1. The van der Waals surface area contributed by atoms with E-state index >= 15 is 0 Å². The van der Waals surface area contributed by atoms with Crippen LogP contribution in [0.2, 0.25) is 0 Å². The fourth-order valence-corrected chi connectivity index (χ4v) is 4.47. The molecule has 3 aliphatic rings. The van der Waals surface area contributed by atoms with E-state index in [1.54, 1.807) is 13.1 Å². The van der Waals surface area contributed by atoms with Crippen LogP contribution in [0.1, 0.15) is 54.8 Å². The van der Waals surface area contributed by atoms with E-state index in [1.165, 1.54) is 19.3 Å². The number of rotatable bonds is 4. The van der Waals surface area contributed by atoms with Crippen LogP contribution in [-0.4, -0.2) is 54.3 Å². The second-order valence-electron chi connectivity index (χ2n) is 7.91. The van der Waals surface area contributed by atoms with Crippen molar-refractivity contribution < 1.29 is 14.0 Å². The van der Waals surface area contributed by atoms with E-state index in [4.69, 9.17) is 4.42 Å². The Hall–Kier alpha value is -1.82. The van der Waals surface area contributed by atoms with Gasteiger partial charge in [0.2, 0.25) is 5.91 Å². The molecule has 4 rings (SSSR count). The second-order valence-corrected chi connectivity index (χ2v) is 7.91. The SMILES string of the molecule is CNC(=O)c1ccc(CN2CCC[C@@]3(CCC(=O)N(C4CC4)C3)C2)o1. The van der Waals surface area contributed by atoms with Crippen molar-refractivity contribution in [1.29, 1.82) is 0 Å². The van der Waals surface area contributed by atoms with Crippen LogP contribution in [0.25, 0.3) is 0 Å². The van der Waals surface area contributed by atoms with E-state index in [9.17, 15) is 9.59 Å².